The van der Waals surface area contributed by atoms with Crippen molar-refractivity contribution >= 4 is 5.91 Å². The molecule has 5 nitrogen and oxygen atoms in total. The molecule has 0 spiro atoms. The summed E-state index contributed by atoms with van der Waals surface area (Å²) < 4.78 is 5.47. The Morgan fingerprint density at radius 2 is 2.15 bits per heavy atom. The van der Waals surface area contributed by atoms with Crippen molar-refractivity contribution in [2.75, 3.05) is 19.7 Å². The van der Waals surface area contributed by atoms with Crippen LogP contribution < -0.4 is 10.5 Å². The van der Waals surface area contributed by atoms with Gasteiger partial charge in [-0.15, -0.1) is 0 Å². The number of likely N-dealkylation sites (tertiary alicyclic amines) is 1. The summed E-state index contributed by atoms with van der Waals surface area (Å²) in [4.78, 5) is 13.7. The highest BCUT2D eigenvalue weighted by Crippen LogP contribution is 2.17. The monoisotopic (exact) mass is 278 g/mol. The minimum Gasteiger partial charge on any atom is -0.484 e. The van der Waals surface area contributed by atoms with Crippen molar-refractivity contribution in [1.82, 2.24) is 4.90 Å². The fourth-order valence-corrected chi connectivity index (χ4v) is 2.23. The van der Waals surface area contributed by atoms with Crippen LogP contribution in [0.4, 0.5) is 0 Å². The molecule has 0 bridgehead atoms. The van der Waals surface area contributed by atoms with E-state index in [1.807, 2.05) is 31.2 Å². The Kier molecular flexibility index (Phi) is 4.98. The first-order valence-corrected chi connectivity index (χ1v) is 6.98. The summed E-state index contributed by atoms with van der Waals surface area (Å²) in [5.41, 5.74) is 6.54. The van der Waals surface area contributed by atoms with E-state index in [1.54, 1.807) is 4.90 Å². The molecule has 2 rings (SSSR count). The van der Waals surface area contributed by atoms with E-state index in [4.69, 9.17) is 10.5 Å². The van der Waals surface area contributed by atoms with E-state index in [0.29, 0.717) is 25.4 Å². The van der Waals surface area contributed by atoms with Crippen LogP contribution in [0, 0.1) is 5.92 Å². The summed E-state index contributed by atoms with van der Waals surface area (Å²) in [6.45, 7) is 3.58. The van der Waals surface area contributed by atoms with Gasteiger partial charge in [0.25, 0.3) is 5.91 Å². The molecular formula is C15H22N2O3. The maximum atomic E-state index is 12.0. The predicted octanol–water partition coefficient (Wildman–Crippen LogP) is 0.753. The number of aliphatic hydroxyl groups excluding tert-OH is 1. The van der Waals surface area contributed by atoms with Crippen molar-refractivity contribution in [3.63, 3.8) is 0 Å². The zero-order chi connectivity index (χ0) is 14.5. The third kappa shape index (κ3) is 3.71. The Hall–Kier alpha value is -1.59. The van der Waals surface area contributed by atoms with Crippen LogP contribution in [0.25, 0.3) is 0 Å². The number of carbonyl (C=O) groups excluding carboxylic acids is 1. The maximum Gasteiger partial charge on any atom is 0.260 e. The standard InChI is InChI=1S/C15H22N2O3/c1-11-6-7-17(9-14(11)18)15(19)10-20-13-4-2-12(8-16)3-5-13/h2-5,11,14,18H,6-10,16H2,1H3. The van der Waals surface area contributed by atoms with Crippen LogP contribution in [0.2, 0.25) is 0 Å². The van der Waals surface area contributed by atoms with Crippen LogP contribution >= 0.6 is 0 Å². The molecule has 1 amide bonds. The van der Waals surface area contributed by atoms with Crippen LogP contribution in [0.5, 0.6) is 5.75 Å². The summed E-state index contributed by atoms with van der Waals surface area (Å²) in [7, 11) is 0. The van der Waals surface area contributed by atoms with E-state index in [0.717, 1.165) is 12.0 Å². The van der Waals surface area contributed by atoms with Gasteiger partial charge in [-0.05, 0) is 30.0 Å². The molecule has 3 N–H and O–H groups in total. The number of nitrogens with zero attached hydrogens (tertiary/aromatic N) is 1. The minimum atomic E-state index is -0.434. The zero-order valence-electron chi connectivity index (χ0n) is 11.8. The fraction of sp³-hybridized carbons (Fsp3) is 0.533. The smallest absolute Gasteiger partial charge is 0.260 e. The highest BCUT2D eigenvalue weighted by atomic mass is 16.5. The molecule has 2 unspecified atom stereocenters. The zero-order valence-corrected chi connectivity index (χ0v) is 11.8. The molecule has 0 aromatic heterocycles. The number of carbonyl (C=O) groups is 1. The van der Waals surface area contributed by atoms with Gasteiger partial charge in [-0.1, -0.05) is 19.1 Å². The van der Waals surface area contributed by atoms with Crippen molar-refractivity contribution in [2.24, 2.45) is 11.7 Å². The Morgan fingerprint density at radius 3 is 2.75 bits per heavy atom. The van der Waals surface area contributed by atoms with Crippen molar-refractivity contribution in [3.8, 4) is 5.75 Å². The number of piperidine rings is 1. The fourth-order valence-electron chi connectivity index (χ4n) is 2.23. The van der Waals surface area contributed by atoms with Gasteiger partial charge in [0.05, 0.1) is 6.10 Å². The van der Waals surface area contributed by atoms with Crippen LogP contribution in [0.3, 0.4) is 0 Å². The first-order valence-electron chi connectivity index (χ1n) is 6.98. The molecule has 5 heteroatoms. The number of nitrogens with two attached hydrogens (primary N) is 1. The van der Waals surface area contributed by atoms with Gasteiger partial charge in [0, 0.05) is 19.6 Å². The Bertz CT molecular complexity index is 447. The number of benzene rings is 1. The third-order valence-electron chi connectivity index (χ3n) is 3.79. The van der Waals surface area contributed by atoms with E-state index in [9.17, 15) is 9.90 Å². The summed E-state index contributed by atoms with van der Waals surface area (Å²) in [6.07, 6.45) is 0.398. The molecule has 2 atom stereocenters. The molecule has 20 heavy (non-hydrogen) atoms. The molecule has 1 aliphatic rings. The lowest BCUT2D eigenvalue weighted by molar-refractivity contribution is -0.137. The molecule has 1 aromatic rings. The van der Waals surface area contributed by atoms with Gasteiger partial charge in [-0.2, -0.15) is 0 Å². The number of rotatable bonds is 4. The van der Waals surface area contributed by atoms with Crippen molar-refractivity contribution < 1.29 is 14.6 Å². The number of hydrogen-bond donors (Lipinski definition) is 2. The largest absolute Gasteiger partial charge is 0.484 e. The lowest BCUT2D eigenvalue weighted by Crippen LogP contribution is -2.47. The Labute approximate surface area is 119 Å². The lowest BCUT2D eigenvalue weighted by Gasteiger charge is -2.34. The van der Waals surface area contributed by atoms with Gasteiger partial charge < -0.3 is 20.5 Å². The minimum absolute atomic E-state index is 0.00305. The van der Waals surface area contributed by atoms with E-state index >= 15 is 0 Å². The number of ether oxygens (including phenoxy) is 1. The highest BCUT2D eigenvalue weighted by molar-refractivity contribution is 5.77. The summed E-state index contributed by atoms with van der Waals surface area (Å²) in [5, 5.41) is 9.79. The predicted molar refractivity (Wildman–Crippen MR) is 76.2 cm³/mol. The maximum absolute atomic E-state index is 12.0. The summed E-state index contributed by atoms with van der Waals surface area (Å²) in [5.74, 6) is 0.823. The molecule has 1 heterocycles. The first-order chi connectivity index (χ1) is 9.60. The number of hydrogen-bond acceptors (Lipinski definition) is 4. The van der Waals surface area contributed by atoms with E-state index in [2.05, 4.69) is 0 Å². The second-order valence-corrected chi connectivity index (χ2v) is 5.31. The first kappa shape index (κ1) is 14.8. The average Bonchev–Trinajstić information content (AvgIpc) is 2.48. The van der Waals surface area contributed by atoms with Crippen molar-refractivity contribution in [1.29, 1.82) is 0 Å². The average molecular weight is 278 g/mol. The topological polar surface area (TPSA) is 75.8 Å². The SMILES string of the molecule is CC1CCN(C(=O)COc2ccc(CN)cc2)CC1O. The second-order valence-electron chi connectivity index (χ2n) is 5.31. The van der Waals surface area contributed by atoms with Gasteiger partial charge in [-0.3, -0.25) is 4.79 Å². The van der Waals surface area contributed by atoms with Gasteiger partial charge in [0.2, 0.25) is 0 Å². The van der Waals surface area contributed by atoms with Crippen LogP contribution in [0.15, 0.2) is 24.3 Å². The van der Waals surface area contributed by atoms with Crippen LogP contribution in [-0.2, 0) is 11.3 Å². The van der Waals surface area contributed by atoms with E-state index < -0.39 is 6.10 Å². The molecular weight excluding hydrogens is 256 g/mol. The normalized spacial score (nSPS) is 22.6. The molecule has 0 radical (unpaired) electrons. The third-order valence-corrected chi connectivity index (χ3v) is 3.79. The van der Waals surface area contributed by atoms with E-state index in [-0.39, 0.29) is 18.4 Å². The molecule has 110 valence electrons. The Morgan fingerprint density at radius 1 is 1.45 bits per heavy atom. The van der Waals surface area contributed by atoms with Crippen LogP contribution in [-0.4, -0.2) is 41.7 Å². The number of aliphatic hydroxyl groups is 1. The summed E-state index contributed by atoms with van der Waals surface area (Å²) >= 11 is 0. The van der Waals surface area contributed by atoms with E-state index in [1.165, 1.54) is 0 Å². The molecule has 1 aromatic carbocycles. The molecule has 1 aliphatic heterocycles. The van der Waals surface area contributed by atoms with Gasteiger partial charge >= 0.3 is 0 Å². The molecule has 0 saturated carbocycles. The Balaban J connectivity index is 1.82. The number of amides is 1. The van der Waals surface area contributed by atoms with Gasteiger partial charge in [0.1, 0.15) is 5.75 Å². The molecule has 1 fully saturated rings. The molecule has 1 saturated heterocycles. The van der Waals surface area contributed by atoms with Gasteiger partial charge in [0.15, 0.2) is 6.61 Å². The summed E-state index contributed by atoms with van der Waals surface area (Å²) in [6, 6.07) is 7.38. The lowest BCUT2D eigenvalue weighted by atomic mass is 9.96. The van der Waals surface area contributed by atoms with Crippen molar-refractivity contribution in [2.45, 2.75) is 26.0 Å². The quantitative estimate of drug-likeness (QED) is 0.852. The highest BCUT2D eigenvalue weighted by Gasteiger charge is 2.27. The van der Waals surface area contributed by atoms with Crippen molar-refractivity contribution in [3.05, 3.63) is 29.8 Å². The van der Waals surface area contributed by atoms with Gasteiger partial charge in [-0.25, -0.2) is 0 Å². The molecule has 0 aliphatic carbocycles. The van der Waals surface area contributed by atoms with Crippen LogP contribution in [0.1, 0.15) is 18.9 Å². The second kappa shape index (κ2) is 6.72. The number of β-amino-alcohol motifs (C(OH)–C–C–N with tert-alkyl or cyclic N) is 1.